The summed E-state index contributed by atoms with van der Waals surface area (Å²) in [4.78, 5) is 29.8. The van der Waals surface area contributed by atoms with E-state index in [0.717, 1.165) is 16.7 Å². The number of amides is 1. The van der Waals surface area contributed by atoms with E-state index in [1.54, 1.807) is 36.4 Å². The topological polar surface area (TPSA) is 108 Å². The molecule has 0 radical (unpaired) electrons. The number of carbonyl (C=O) groups excluding carboxylic acids is 1. The summed E-state index contributed by atoms with van der Waals surface area (Å²) in [5, 5.41) is 13.3. The van der Waals surface area contributed by atoms with Crippen LogP contribution in [0.5, 0.6) is 17.4 Å². The van der Waals surface area contributed by atoms with Crippen molar-refractivity contribution in [1.82, 2.24) is 14.1 Å². The van der Waals surface area contributed by atoms with Gasteiger partial charge in [0.1, 0.15) is 17.3 Å². The Bertz CT molecular complexity index is 1480. The third-order valence-electron chi connectivity index (χ3n) is 5.45. The lowest BCUT2D eigenvalue weighted by Crippen LogP contribution is -2.24. The van der Waals surface area contributed by atoms with Crippen molar-refractivity contribution >= 4 is 11.7 Å². The van der Waals surface area contributed by atoms with E-state index in [1.807, 2.05) is 0 Å². The molecule has 37 heavy (non-hydrogen) atoms. The first-order chi connectivity index (χ1) is 17.6. The number of ether oxygens (including phenoxy) is 2. The molecule has 0 aliphatic rings. The molecule has 0 bridgehead atoms. The number of anilines is 1. The van der Waals surface area contributed by atoms with Crippen LogP contribution in [0.25, 0.3) is 5.69 Å². The van der Waals surface area contributed by atoms with Crippen LogP contribution in [0.1, 0.15) is 21.6 Å². The minimum atomic E-state index is -4.85. The number of hydrogen-bond donors (Lipinski definition) is 2. The molecule has 4 rings (SSSR count). The predicted octanol–water partition coefficient (Wildman–Crippen LogP) is 4.26. The molecule has 0 aliphatic heterocycles. The van der Waals surface area contributed by atoms with Gasteiger partial charge in [-0.05, 0) is 73.2 Å². The smallest absolute Gasteiger partial charge is 0.497 e. The van der Waals surface area contributed by atoms with Crippen LogP contribution in [0.4, 0.5) is 19.0 Å². The molecule has 2 aromatic carbocycles. The van der Waals surface area contributed by atoms with Gasteiger partial charge in [0.05, 0.1) is 25.0 Å². The van der Waals surface area contributed by atoms with E-state index in [-0.39, 0.29) is 35.5 Å². The molecule has 2 heterocycles. The van der Waals surface area contributed by atoms with E-state index in [1.165, 1.54) is 36.9 Å². The maximum atomic E-state index is 13.1. The number of halogens is 3. The van der Waals surface area contributed by atoms with Gasteiger partial charge in [-0.1, -0.05) is 0 Å². The van der Waals surface area contributed by atoms with E-state index >= 15 is 0 Å². The Morgan fingerprint density at radius 2 is 1.70 bits per heavy atom. The monoisotopic (exact) mass is 514 g/mol. The maximum Gasteiger partial charge on any atom is 0.573 e. The number of alkyl halides is 3. The number of aromatic nitrogens is 3. The van der Waals surface area contributed by atoms with E-state index in [2.05, 4.69) is 15.0 Å². The van der Waals surface area contributed by atoms with E-state index in [4.69, 9.17) is 4.74 Å². The highest BCUT2D eigenvalue weighted by Gasteiger charge is 2.31. The Hall–Kier alpha value is -4.74. The summed E-state index contributed by atoms with van der Waals surface area (Å²) in [7, 11) is 1.52. The quantitative estimate of drug-likeness (QED) is 0.382. The summed E-state index contributed by atoms with van der Waals surface area (Å²) in [6.45, 7) is 1.57. The highest BCUT2D eigenvalue weighted by atomic mass is 19.4. The fourth-order valence-corrected chi connectivity index (χ4v) is 3.61. The average Bonchev–Trinajstić information content (AvgIpc) is 3.07. The van der Waals surface area contributed by atoms with Crippen LogP contribution in [0.2, 0.25) is 0 Å². The number of nitrogens with one attached hydrogen (secondary N) is 1. The molecule has 0 saturated heterocycles. The molecule has 0 fully saturated rings. The fraction of sp³-hybridized carbons (Fsp3) is 0.160. The Morgan fingerprint density at radius 3 is 2.32 bits per heavy atom. The second-order valence-electron chi connectivity index (χ2n) is 7.89. The molecule has 2 N–H and O–H groups in total. The number of aromatic hydroxyl groups is 1. The third-order valence-corrected chi connectivity index (χ3v) is 5.45. The highest BCUT2D eigenvalue weighted by molar-refractivity contribution is 6.03. The van der Waals surface area contributed by atoms with Crippen LogP contribution in [0.15, 0.2) is 71.7 Å². The molecule has 0 aliphatic carbocycles. The molecule has 4 aromatic rings. The fourth-order valence-electron chi connectivity index (χ4n) is 3.61. The Morgan fingerprint density at radius 1 is 1.05 bits per heavy atom. The predicted molar refractivity (Wildman–Crippen MR) is 127 cm³/mol. The normalized spacial score (nSPS) is 11.3. The van der Waals surface area contributed by atoms with Gasteiger partial charge in [0, 0.05) is 11.8 Å². The van der Waals surface area contributed by atoms with Crippen molar-refractivity contribution in [1.29, 1.82) is 0 Å². The molecule has 0 saturated carbocycles. The summed E-state index contributed by atoms with van der Waals surface area (Å²) in [6.07, 6.45) is -3.38. The van der Waals surface area contributed by atoms with E-state index in [9.17, 15) is 27.9 Å². The van der Waals surface area contributed by atoms with Crippen molar-refractivity contribution in [3.63, 3.8) is 0 Å². The Labute approximate surface area is 208 Å². The number of imidazole rings is 1. The Kier molecular flexibility index (Phi) is 6.92. The van der Waals surface area contributed by atoms with Crippen molar-refractivity contribution in [2.24, 2.45) is 0 Å². The lowest BCUT2D eigenvalue weighted by Gasteiger charge is -2.09. The molecule has 12 heteroatoms. The first kappa shape index (κ1) is 25.4. The molecule has 192 valence electrons. The summed E-state index contributed by atoms with van der Waals surface area (Å²) in [5.41, 5.74) is 0.785. The number of methoxy groups -OCH3 is 1. The number of carbonyl (C=O) groups is 1. The van der Waals surface area contributed by atoms with Gasteiger partial charge in [-0.3, -0.25) is 9.36 Å². The molecular weight excluding hydrogens is 493 g/mol. The number of pyridine rings is 1. The first-order valence-electron chi connectivity index (χ1n) is 10.8. The number of benzene rings is 2. The zero-order chi connectivity index (χ0) is 26.7. The molecule has 0 spiro atoms. The second-order valence-corrected chi connectivity index (χ2v) is 7.89. The standard InChI is InChI=1S/C25H21F3N4O5/c1-15-23(34)32(18-5-9-20(10-6-18)37-25(26,27)28)24(35)31(15)14-16-11-12-29-21(13-16)30-22(33)17-3-7-19(36-2)8-4-17/h3-13,34H,14H2,1-2H3,(H,29,30,33). The number of nitrogens with zero attached hydrogens (tertiary/aromatic N) is 3. The van der Waals surface area contributed by atoms with Gasteiger partial charge in [0.15, 0.2) is 0 Å². The van der Waals surface area contributed by atoms with Gasteiger partial charge >= 0.3 is 12.1 Å². The SMILES string of the molecule is COc1ccc(C(=O)Nc2cc(Cn3c(C)c(O)n(-c4ccc(OC(F)(F)F)cc4)c3=O)ccn2)cc1. The van der Waals surface area contributed by atoms with Crippen LogP contribution in [0, 0.1) is 6.92 Å². The Balaban J connectivity index is 1.55. The molecule has 9 nitrogen and oxygen atoms in total. The molecule has 1 amide bonds. The number of hydrogen-bond acceptors (Lipinski definition) is 6. The van der Waals surface area contributed by atoms with Crippen molar-refractivity contribution < 1.29 is 32.5 Å². The summed E-state index contributed by atoms with van der Waals surface area (Å²) in [5.74, 6) is -0.342. The van der Waals surface area contributed by atoms with Gasteiger partial charge in [0.2, 0.25) is 5.88 Å². The van der Waals surface area contributed by atoms with Crippen LogP contribution in [-0.2, 0) is 6.54 Å². The van der Waals surface area contributed by atoms with Crippen molar-refractivity contribution in [2.75, 3.05) is 12.4 Å². The van der Waals surface area contributed by atoms with Gasteiger partial charge in [0.25, 0.3) is 5.91 Å². The molecule has 0 unspecified atom stereocenters. The van der Waals surface area contributed by atoms with Crippen LogP contribution in [-0.4, -0.2) is 38.6 Å². The van der Waals surface area contributed by atoms with E-state index in [0.29, 0.717) is 16.9 Å². The highest BCUT2D eigenvalue weighted by Crippen LogP contribution is 2.26. The van der Waals surface area contributed by atoms with Gasteiger partial charge in [-0.15, -0.1) is 13.2 Å². The second kappa shape index (κ2) is 10.1. The minimum Gasteiger partial charge on any atom is -0.497 e. The van der Waals surface area contributed by atoms with Crippen molar-refractivity contribution in [3.8, 4) is 23.1 Å². The van der Waals surface area contributed by atoms with Crippen molar-refractivity contribution in [3.05, 3.63) is 94.2 Å². The zero-order valence-electron chi connectivity index (χ0n) is 19.6. The maximum absolute atomic E-state index is 13.1. The van der Waals surface area contributed by atoms with Crippen LogP contribution >= 0.6 is 0 Å². The van der Waals surface area contributed by atoms with Gasteiger partial charge in [-0.2, -0.15) is 0 Å². The van der Waals surface area contributed by atoms with Crippen LogP contribution < -0.4 is 20.5 Å². The van der Waals surface area contributed by atoms with Gasteiger partial charge in [-0.25, -0.2) is 14.3 Å². The third kappa shape index (κ3) is 5.74. The molecular formula is C25H21F3N4O5. The van der Waals surface area contributed by atoms with Crippen molar-refractivity contribution in [2.45, 2.75) is 19.8 Å². The lowest BCUT2D eigenvalue weighted by molar-refractivity contribution is -0.274. The lowest BCUT2D eigenvalue weighted by atomic mass is 10.2. The summed E-state index contributed by atoms with van der Waals surface area (Å²) >= 11 is 0. The number of rotatable bonds is 7. The largest absolute Gasteiger partial charge is 0.573 e. The summed E-state index contributed by atoms with van der Waals surface area (Å²) < 4.78 is 48.4. The molecule has 2 aromatic heterocycles. The summed E-state index contributed by atoms with van der Waals surface area (Å²) in [6, 6.07) is 14.3. The van der Waals surface area contributed by atoms with E-state index < -0.39 is 17.8 Å². The minimum absolute atomic E-state index is 0.0361. The van der Waals surface area contributed by atoms with Gasteiger partial charge < -0.3 is 19.9 Å². The first-order valence-corrected chi connectivity index (χ1v) is 10.8. The average molecular weight is 514 g/mol. The molecule has 0 atom stereocenters. The zero-order valence-corrected chi connectivity index (χ0v) is 19.6. The van der Waals surface area contributed by atoms with Crippen LogP contribution in [0.3, 0.4) is 0 Å².